The Kier molecular flexibility index (Phi) is 6.76. The third-order valence-electron chi connectivity index (χ3n) is 3.78. The van der Waals surface area contributed by atoms with Crippen molar-refractivity contribution in [1.29, 1.82) is 0 Å². The van der Waals surface area contributed by atoms with Crippen molar-refractivity contribution in [3.8, 4) is 0 Å². The van der Waals surface area contributed by atoms with E-state index >= 15 is 0 Å². The smallest absolute Gasteiger partial charge is 0.309 e. The quantitative estimate of drug-likeness (QED) is 0.582. The Bertz CT molecular complexity index is 271. The van der Waals surface area contributed by atoms with Crippen molar-refractivity contribution in [3.05, 3.63) is 0 Å². The molecule has 0 aromatic rings. The molecular weight excluding hydrogens is 228 g/mol. The summed E-state index contributed by atoms with van der Waals surface area (Å²) in [7, 11) is 0. The van der Waals surface area contributed by atoms with Crippen molar-refractivity contribution >= 4 is 11.8 Å². The van der Waals surface area contributed by atoms with Gasteiger partial charge in [0.25, 0.3) is 0 Å². The van der Waals surface area contributed by atoms with Gasteiger partial charge in [0.1, 0.15) is 0 Å². The predicted octanol–water partition coefficient (Wildman–Crippen LogP) is 1.99. The first-order valence-corrected chi connectivity index (χ1v) is 7.26. The van der Waals surface area contributed by atoms with Gasteiger partial charge >= 0.3 is 11.8 Å². The number of nitrogens with one attached hydrogen (secondary N) is 2. The Morgan fingerprint density at radius 2 is 1.72 bits per heavy atom. The maximum atomic E-state index is 11.6. The Balaban J connectivity index is 2.21. The monoisotopic (exact) mass is 254 g/mol. The highest BCUT2D eigenvalue weighted by Gasteiger charge is 2.23. The molecule has 4 heteroatoms. The van der Waals surface area contributed by atoms with Gasteiger partial charge in [-0.05, 0) is 38.0 Å². The molecule has 0 aromatic carbocycles. The first-order chi connectivity index (χ1) is 8.67. The lowest BCUT2D eigenvalue weighted by Gasteiger charge is -2.28. The van der Waals surface area contributed by atoms with Crippen LogP contribution in [-0.4, -0.2) is 24.4 Å². The molecule has 4 nitrogen and oxygen atoms in total. The van der Waals surface area contributed by atoms with Gasteiger partial charge in [-0.3, -0.25) is 9.59 Å². The van der Waals surface area contributed by atoms with Crippen LogP contribution in [0, 0.1) is 5.92 Å². The van der Waals surface area contributed by atoms with Crippen LogP contribution in [0.5, 0.6) is 0 Å². The zero-order valence-electron chi connectivity index (χ0n) is 11.6. The highest BCUT2D eigenvalue weighted by atomic mass is 16.2. The van der Waals surface area contributed by atoms with Gasteiger partial charge in [-0.2, -0.15) is 0 Å². The SMILES string of the molecule is CCCCNC(=O)C(=O)NC1CCC(CC)CC1. The number of hydrogen-bond acceptors (Lipinski definition) is 2. The molecule has 1 fully saturated rings. The molecule has 1 rings (SSSR count). The summed E-state index contributed by atoms with van der Waals surface area (Å²) in [5, 5.41) is 5.48. The van der Waals surface area contributed by atoms with Crippen molar-refractivity contribution < 1.29 is 9.59 Å². The molecule has 0 saturated heterocycles. The van der Waals surface area contributed by atoms with Crippen LogP contribution in [-0.2, 0) is 9.59 Å². The molecule has 0 aromatic heterocycles. The first kappa shape index (κ1) is 15.0. The van der Waals surface area contributed by atoms with Gasteiger partial charge in [-0.1, -0.05) is 26.7 Å². The van der Waals surface area contributed by atoms with E-state index in [-0.39, 0.29) is 6.04 Å². The Labute approximate surface area is 110 Å². The number of rotatable bonds is 5. The Hall–Kier alpha value is -1.06. The first-order valence-electron chi connectivity index (χ1n) is 7.26. The van der Waals surface area contributed by atoms with Crippen LogP contribution in [0.15, 0.2) is 0 Å². The Morgan fingerprint density at radius 3 is 2.28 bits per heavy atom. The van der Waals surface area contributed by atoms with Gasteiger partial charge in [0.15, 0.2) is 0 Å². The van der Waals surface area contributed by atoms with Gasteiger partial charge in [0.05, 0.1) is 0 Å². The van der Waals surface area contributed by atoms with E-state index in [1.807, 2.05) is 0 Å². The maximum Gasteiger partial charge on any atom is 0.309 e. The normalized spacial score (nSPS) is 23.4. The van der Waals surface area contributed by atoms with E-state index in [9.17, 15) is 9.59 Å². The fraction of sp³-hybridized carbons (Fsp3) is 0.857. The Morgan fingerprint density at radius 1 is 1.06 bits per heavy atom. The maximum absolute atomic E-state index is 11.6. The predicted molar refractivity (Wildman–Crippen MR) is 72.1 cm³/mol. The van der Waals surface area contributed by atoms with Crippen LogP contribution >= 0.6 is 0 Å². The van der Waals surface area contributed by atoms with Crippen molar-refractivity contribution in [2.45, 2.75) is 64.8 Å². The minimum atomic E-state index is -0.485. The fourth-order valence-electron chi connectivity index (χ4n) is 2.42. The molecule has 0 atom stereocenters. The molecule has 0 unspecified atom stereocenters. The van der Waals surface area contributed by atoms with E-state index in [2.05, 4.69) is 24.5 Å². The number of carbonyl (C=O) groups excluding carboxylic acids is 2. The third kappa shape index (κ3) is 5.07. The topological polar surface area (TPSA) is 58.2 Å². The second-order valence-corrected chi connectivity index (χ2v) is 5.21. The van der Waals surface area contributed by atoms with Crippen LogP contribution in [0.3, 0.4) is 0 Å². The molecular formula is C14H26N2O2. The summed E-state index contributed by atoms with van der Waals surface area (Å²) in [6.45, 7) is 4.86. The summed E-state index contributed by atoms with van der Waals surface area (Å²) >= 11 is 0. The van der Waals surface area contributed by atoms with Gasteiger partial charge in [0, 0.05) is 12.6 Å². The number of hydrogen-bond donors (Lipinski definition) is 2. The summed E-state index contributed by atoms with van der Waals surface area (Å²) < 4.78 is 0. The third-order valence-corrected chi connectivity index (χ3v) is 3.78. The van der Waals surface area contributed by atoms with E-state index in [1.165, 1.54) is 19.3 Å². The van der Waals surface area contributed by atoms with Crippen LogP contribution in [0.1, 0.15) is 58.8 Å². The van der Waals surface area contributed by atoms with Gasteiger partial charge in [-0.15, -0.1) is 0 Å². The lowest BCUT2D eigenvalue weighted by Crippen LogP contribution is -2.45. The zero-order valence-corrected chi connectivity index (χ0v) is 11.6. The van der Waals surface area contributed by atoms with Crippen LogP contribution in [0.4, 0.5) is 0 Å². The molecule has 1 aliphatic carbocycles. The second-order valence-electron chi connectivity index (χ2n) is 5.21. The summed E-state index contributed by atoms with van der Waals surface area (Å²) in [6.07, 6.45) is 7.50. The average molecular weight is 254 g/mol. The summed E-state index contributed by atoms with van der Waals surface area (Å²) in [5.74, 6) is -0.149. The van der Waals surface area contributed by atoms with Gasteiger partial charge in [0.2, 0.25) is 0 Å². The summed E-state index contributed by atoms with van der Waals surface area (Å²) in [5.41, 5.74) is 0. The molecule has 0 radical (unpaired) electrons. The van der Waals surface area contributed by atoms with E-state index in [0.717, 1.165) is 31.6 Å². The highest BCUT2D eigenvalue weighted by Crippen LogP contribution is 2.26. The van der Waals surface area contributed by atoms with Crippen LogP contribution < -0.4 is 10.6 Å². The van der Waals surface area contributed by atoms with Crippen molar-refractivity contribution in [2.24, 2.45) is 5.92 Å². The van der Waals surface area contributed by atoms with Gasteiger partial charge in [-0.25, -0.2) is 0 Å². The molecule has 0 heterocycles. The molecule has 18 heavy (non-hydrogen) atoms. The zero-order chi connectivity index (χ0) is 13.4. The lowest BCUT2D eigenvalue weighted by atomic mass is 9.84. The average Bonchev–Trinajstić information content (AvgIpc) is 2.39. The van der Waals surface area contributed by atoms with Crippen LogP contribution in [0.25, 0.3) is 0 Å². The number of unbranched alkanes of at least 4 members (excludes halogenated alkanes) is 1. The minimum absolute atomic E-state index is 0.192. The molecule has 104 valence electrons. The van der Waals surface area contributed by atoms with Crippen molar-refractivity contribution in [2.75, 3.05) is 6.54 Å². The van der Waals surface area contributed by atoms with Crippen molar-refractivity contribution in [1.82, 2.24) is 10.6 Å². The standard InChI is InChI=1S/C14H26N2O2/c1-3-5-10-15-13(17)14(18)16-12-8-6-11(4-2)7-9-12/h11-12H,3-10H2,1-2H3,(H,15,17)(H,16,18). The number of amides is 2. The molecule has 0 spiro atoms. The summed E-state index contributed by atoms with van der Waals surface area (Å²) in [4.78, 5) is 23.1. The molecule has 0 bridgehead atoms. The highest BCUT2D eigenvalue weighted by molar-refractivity contribution is 6.35. The fourth-order valence-corrected chi connectivity index (χ4v) is 2.42. The largest absolute Gasteiger partial charge is 0.348 e. The van der Waals surface area contributed by atoms with E-state index < -0.39 is 11.8 Å². The van der Waals surface area contributed by atoms with Gasteiger partial charge < -0.3 is 10.6 Å². The molecule has 0 aliphatic heterocycles. The van der Waals surface area contributed by atoms with Crippen LogP contribution in [0.2, 0.25) is 0 Å². The molecule has 2 amide bonds. The molecule has 2 N–H and O–H groups in total. The van der Waals surface area contributed by atoms with E-state index in [1.54, 1.807) is 0 Å². The van der Waals surface area contributed by atoms with E-state index in [0.29, 0.717) is 6.54 Å². The second kappa shape index (κ2) is 8.11. The van der Waals surface area contributed by atoms with E-state index in [4.69, 9.17) is 0 Å². The van der Waals surface area contributed by atoms with Crippen molar-refractivity contribution in [3.63, 3.8) is 0 Å². The molecule has 1 aliphatic rings. The summed E-state index contributed by atoms with van der Waals surface area (Å²) in [6, 6.07) is 0.192. The minimum Gasteiger partial charge on any atom is -0.348 e. The molecule has 1 saturated carbocycles. The number of carbonyl (C=O) groups is 2. The lowest BCUT2D eigenvalue weighted by molar-refractivity contribution is -0.139.